The van der Waals surface area contributed by atoms with Crippen LogP contribution in [0.25, 0.3) is 0 Å². The van der Waals surface area contributed by atoms with Crippen LogP contribution in [-0.4, -0.2) is 36.9 Å². The van der Waals surface area contributed by atoms with E-state index >= 15 is 0 Å². The van der Waals surface area contributed by atoms with Crippen LogP contribution in [0.2, 0.25) is 0 Å². The van der Waals surface area contributed by atoms with E-state index < -0.39 is 0 Å². The number of hydrogen-bond acceptors (Lipinski definition) is 5. The van der Waals surface area contributed by atoms with Crippen LogP contribution in [0.3, 0.4) is 0 Å². The van der Waals surface area contributed by atoms with Crippen molar-refractivity contribution < 1.29 is 9.26 Å². The molecule has 0 spiro atoms. The second-order valence-electron chi connectivity index (χ2n) is 3.58. The zero-order chi connectivity index (χ0) is 11.1. The van der Waals surface area contributed by atoms with Crippen molar-refractivity contribution in [2.24, 2.45) is 0 Å². The highest BCUT2D eigenvalue weighted by molar-refractivity contribution is 4.87. The molecule has 1 aromatic heterocycles. The van der Waals surface area contributed by atoms with Gasteiger partial charge in [-0.1, -0.05) is 5.16 Å². The Morgan fingerprint density at radius 1 is 1.47 bits per heavy atom. The second-order valence-corrected chi connectivity index (χ2v) is 3.58. The van der Waals surface area contributed by atoms with Crippen molar-refractivity contribution in [1.82, 2.24) is 15.5 Å². The van der Waals surface area contributed by atoms with Gasteiger partial charge >= 0.3 is 0 Å². The minimum absolute atomic E-state index is 0.472. The van der Waals surface area contributed by atoms with Crippen molar-refractivity contribution in [2.45, 2.75) is 32.2 Å². The fourth-order valence-corrected chi connectivity index (χ4v) is 1.17. The van der Waals surface area contributed by atoms with Gasteiger partial charge in [0.2, 0.25) is 5.89 Å². The lowest BCUT2D eigenvalue weighted by atomic mass is 10.2. The van der Waals surface area contributed by atoms with E-state index in [0.717, 1.165) is 18.7 Å². The van der Waals surface area contributed by atoms with Gasteiger partial charge in [-0.15, -0.1) is 0 Å². The lowest BCUT2D eigenvalue weighted by Gasteiger charge is -2.06. The average Bonchev–Trinajstić information content (AvgIpc) is 2.71. The Kier molecular flexibility index (Phi) is 5.28. The molecule has 1 atom stereocenters. The molecule has 0 aliphatic rings. The number of rotatable bonds is 7. The maximum atomic E-state index is 5.11. The van der Waals surface area contributed by atoms with E-state index in [-0.39, 0.29) is 0 Å². The molecule has 0 bridgehead atoms. The third-order valence-corrected chi connectivity index (χ3v) is 2.32. The summed E-state index contributed by atoms with van der Waals surface area (Å²) in [7, 11) is 3.61. The Morgan fingerprint density at radius 3 is 2.93 bits per heavy atom. The van der Waals surface area contributed by atoms with Gasteiger partial charge in [0, 0.05) is 26.0 Å². The minimum atomic E-state index is 0.472. The van der Waals surface area contributed by atoms with Crippen LogP contribution < -0.4 is 5.32 Å². The summed E-state index contributed by atoms with van der Waals surface area (Å²) in [4.78, 5) is 4.27. The van der Waals surface area contributed by atoms with E-state index in [1.807, 2.05) is 7.05 Å². The van der Waals surface area contributed by atoms with Crippen LogP contribution in [0.15, 0.2) is 4.52 Å². The van der Waals surface area contributed by atoms with Gasteiger partial charge < -0.3 is 14.6 Å². The highest BCUT2D eigenvalue weighted by Crippen LogP contribution is 2.03. The molecule has 0 aromatic carbocycles. The summed E-state index contributed by atoms with van der Waals surface area (Å²) in [6.45, 7) is 2.76. The molecular formula is C10H19N3O2. The molecular weight excluding hydrogens is 194 g/mol. The summed E-state index contributed by atoms with van der Waals surface area (Å²) in [6, 6.07) is 0.472. The van der Waals surface area contributed by atoms with Crippen LogP contribution in [0.4, 0.5) is 0 Å². The first-order chi connectivity index (χ1) is 7.26. The van der Waals surface area contributed by atoms with Gasteiger partial charge in [0.15, 0.2) is 5.82 Å². The number of aryl methyl sites for hydroxylation is 1. The zero-order valence-corrected chi connectivity index (χ0v) is 9.62. The first kappa shape index (κ1) is 12.1. The number of aromatic nitrogens is 2. The second kappa shape index (κ2) is 6.53. The van der Waals surface area contributed by atoms with Crippen molar-refractivity contribution >= 4 is 0 Å². The fraction of sp³-hybridized carbons (Fsp3) is 0.800. The number of methoxy groups -OCH3 is 1. The molecule has 0 fully saturated rings. The highest BCUT2D eigenvalue weighted by atomic mass is 16.5. The van der Waals surface area contributed by atoms with Gasteiger partial charge in [0.25, 0.3) is 0 Å². The highest BCUT2D eigenvalue weighted by Gasteiger charge is 2.07. The molecule has 1 heterocycles. The maximum Gasteiger partial charge on any atom is 0.226 e. The molecule has 5 nitrogen and oxygen atoms in total. The smallest absolute Gasteiger partial charge is 0.226 e. The van der Waals surface area contributed by atoms with Crippen molar-refractivity contribution in [3.63, 3.8) is 0 Å². The predicted octanol–water partition coefficient (Wildman–Crippen LogP) is 0.799. The van der Waals surface area contributed by atoms with E-state index in [1.165, 1.54) is 0 Å². The number of nitrogens with zero attached hydrogens (tertiary/aromatic N) is 2. The molecule has 0 saturated heterocycles. The molecule has 0 amide bonds. The van der Waals surface area contributed by atoms with Crippen molar-refractivity contribution in [3.05, 3.63) is 11.7 Å². The Morgan fingerprint density at radius 2 is 2.27 bits per heavy atom. The van der Waals surface area contributed by atoms with Crippen molar-refractivity contribution in [1.29, 1.82) is 0 Å². The number of nitrogens with one attached hydrogen (secondary N) is 1. The molecule has 15 heavy (non-hydrogen) atoms. The number of ether oxygens (including phenoxy) is 1. The molecule has 0 radical (unpaired) electrons. The normalized spacial score (nSPS) is 13.0. The summed E-state index contributed by atoms with van der Waals surface area (Å²) in [5.41, 5.74) is 0. The average molecular weight is 213 g/mol. The summed E-state index contributed by atoms with van der Waals surface area (Å²) in [5.74, 6) is 1.44. The quantitative estimate of drug-likeness (QED) is 0.726. The Balaban J connectivity index is 2.32. The fourth-order valence-electron chi connectivity index (χ4n) is 1.17. The van der Waals surface area contributed by atoms with Crippen LogP contribution in [-0.2, 0) is 17.6 Å². The molecule has 0 aliphatic heterocycles. The SMILES string of the molecule is CNC(C)CCc1nc(CCOC)no1. The van der Waals surface area contributed by atoms with E-state index in [9.17, 15) is 0 Å². The summed E-state index contributed by atoms with van der Waals surface area (Å²) in [5, 5.41) is 7.04. The Bertz CT molecular complexity index is 275. The maximum absolute atomic E-state index is 5.11. The molecule has 5 heteroatoms. The molecule has 1 aromatic rings. The van der Waals surface area contributed by atoms with Gasteiger partial charge in [-0.2, -0.15) is 4.98 Å². The molecule has 1 rings (SSSR count). The van der Waals surface area contributed by atoms with Crippen LogP contribution >= 0.6 is 0 Å². The zero-order valence-electron chi connectivity index (χ0n) is 9.62. The van der Waals surface area contributed by atoms with E-state index in [2.05, 4.69) is 22.4 Å². The largest absolute Gasteiger partial charge is 0.384 e. The summed E-state index contributed by atoms with van der Waals surface area (Å²) >= 11 is 0. The summed E-state index contributed by atoms with van der Waals surface area (Å²) in [6.07, 6.45) is 2.53. The third kappa shape index (κ3) is 4.40. The van der Waals surface area contributed by atoms with Crippen LogP contribution in [0.5, 0.6) is 0 Å². The first-order valence-electron chi connectivity index (χ1n) is 5.24. The van der Waals surface area contributed by atoms with Gasteiger partial charge in [-0.25, -0.2) is 0 Å². The van der Waals surface area contributed by atoms with Crippen LogP contribution in [0.1, 0.15) is 25.1 Å². The lowest BCUT2D eigenvalue weighted by molar-refractivity contribution is 0.199. The van der Waals surface area contributed by atoms with Crippen molar-refractivity contribution in [3.8, 4) is 0 Å². The Hall–Kier alpha value is -0.940. The molecule has 1 unspecified atom stereocenters. The first-order valence-corrected chi connectivity index (χ1v) is 5.24. The standard InChI is InChI=1S/C10H19N3O2/c1-8(11-2)4-5-10-12-9(13-15-10)6-7-14-3/h8,11H,4-7H2,1-3H3. The molecule has 86 valence electrons. The monoisotopic (exact) mass is 213 g/mol. The van der Waals surface area contributed by atoms with E-state index in [0.29, 0.717) is 25.0 Å². The topological polar surface area (TPSA) is 60.2 Å². The Labute approximate surface area is 90.2 Å². The van der Waals surface area contributed by atoms with E-state index in [1.54, 1.807) is 7.11 Å². The molecule has 0 saturated carbocycles. The van der Waals surface area contributed by atoms with Gasteiger partial charge in [0.05, 0.1) is 6.61 Å². The number of hydrogen-bond donors (Lipinski definition) is 1. The molecule has 0 aliphatic carbocycles. The van der Waals surface area contributed by atoms with Gasteiger partial charge in [-0.05, 0) is 20.4 Å². The van der Waals surface area contributed by atoms with E-state index in [4.69, 9.17) is 9.26 Å². The summed E-state index contributed by atoms with van der Waals surface area (Å²) < 4.78 is 10.1. The van der Waals surface area contributed by atoms with Crippen molar-refractivity contribution in [2.75, 3.05) is 20.8 Å². The lowest BCUT2D eigenvalue weighted by Crippen LogP contribution is -2.21. The molecule has 1 N–H and O–H groups in total. The van der Waals surface area contributed by atoms with Gasteiger partial charge in [0.1, 0.15) is 0 Å². The van der Waals surface area contributed by atoms with Crippen LogP contribution in [0, 0.1) is 0 Å². The predicted molar refractivity (Wildman–Crippen MR) is 56.7 cm³/mol. The minimum Gasteiger partial charge on any atom is -0.384 e. The third-order valence-electron chi connectivity index (χ3n) is 2.32. The van der Waals surface area contributed by atoms with Gasteiger partial charge in [-0.3, -0.25) is 0 Å².